The topological polar surface area (TPSA) is 60.9 Å². The van der Waals surface area contributed by atoms with E-state index in [1.54, 1.807) is 33.8 Å². The molecule has 0 unspecified atom stereocenters. The van der Waals surface area contributed by atoms with Crippen LogP contribution in [-0.2, 0) is 9.59 Å². The van der Waals surface area contributed by atoms with Crippen molar-refractivity contribution in [3.63, 3.8) is 0 Å². The summed E-state index contributed by atoms with van der Waals surface area (Å²) in [6, 6.07) is 7.30. The predicted octanol–water partition coefficient (Wildman–Crippen LogP) is 1.51. The van der Waals surface area contributed by atoms with Gasteiger partial charge in [-0.3, -0.25) is 14.4 Å². The lowest BCUT2D eigenvalue weighted by molar-refractivity contribution is -0.128. The van der Waals surface area contributed by atoms with Crippen molar-refractivity contribution < 1.29 is 14.4 Å². The Morgan fingerprint density at radius 3 is 2.42 bits per heavy atom. The Balaban J connectivity index is 1.73. The Bertz CT molecular complexity index is 659. The molecule has 2 fully saturated rings. The van der Waals surface area contributed by atoms with Crippen molar-refractivity contribution in [1.82, 2.24) is 9.80 Å². The molecular formula is C18H23N3O3. The molecule has 0 saturated carbocycles. The molecule has 2 aliphatic heterocycles. The lowest BCUT2D eigenvalue weighted by atomic mass is 10.1. The number of rotatable bonds is 2. The van der Waals surface area contributed by atoms with Crippen LogP contribution in [0.15, 0.2) is 24.3 Å². The van der Waals surface area contributed by atoms with Gasteiger partial charge in [-0.1, -0.05) is 6.07 Å². The lowest BCUT2D eigenvalue weighted by Crippen LogP contribution is -2.36. The standard InChI is InChI=1S/C18H23N3O3/c1-14(22)19-8-4-9-20(12-11-19)18(24)15-5-2-6-16(13-15)21-10-3-7-17(21)23/h2,5-6,13H,3-4,7-12H2,1H3. The van der Waals surface area contributed by atoms with Gasteiger partial charge >= 0.3 is 0 Å². The van der Waals surface area contributed by atoms with Crippen molar-refractivity contribution in [2.75, 3.05) is 37.6 Å². The van der Waals surface area contributed by atoms with Crippen molar-refractivity contribution in [3.8, 4) is 0 Å². The highest BCUT2D eigenvalue weighted by atomic mass is 16.2. The first-order valence-corrected chi connectivity index (χ1v) is 8.51. The molecule has 3 amide bonds. The maximum atomic E-state index is 12.8. The molecule has 0 aliphatic carbocycles. The Morgan fingerprint density at radius 2 is 1.71 bits per heavy atom. The highest BCUT2D eigenvalue weighted by molar-refractivity contribution is 5.99. The molecule has 0 spiro atoms. The van der Waals surface area contributed by atoms with Crippen molar-refractivity contribution in [2.45, 2.75) is 26.2 Å². The summed E-state index contributed by atoms with van der Waals surface area (Å²) in [4.78, 5) is 41.5. The highest BCUT2D eigenvalue weighted by Crippen LogP contribution is 2.23. The van der Waals surface area contributed by atoms with Gasteiger partial charge in [0.25, 0.3) is 5.91 Å². The van der Waals surface area contributed by atoms with Gasteiger partial charge in [0, 0.05) is 57.3 Å². The first kappa shape index (κ1) is 16.5. The summed E-state index contributed by atoms with van der Waals surface area (Å²) < 4.78 is 0. The van der Waals surface area contributed by atoms with Gasteiger partial charge in [-0.15, -0.1) is 0 Å². The van der Waals surface area contributed by atoms with E-state index in [0.29, 0.717) is 44.7 Å². The number of carbonyl (C=O) groups is 3. The van der Waals surface area contributed by atoms with Gasteiger partial charge in [0.15, 0.2) is 0 Å². The molecule has 2 heterocycles. The molecule has 0 N–H and O–H groups in total. The van der Waals surface area contributed by atoms with Crippen LogP contribution < -0.4 is 4.90 Å². The molecule has 2 saturated heterocycles. The molecule has 128 valence electrons. The van der Waals surface area contributed by atoms with E-state index in [1.807, 2.05) is 12.1 Å². The number of nitrogens with zero attached hydrogens (tertiary/aromatic N) is 3. The number of hydrogen-bond donors (Lipinski definition) is 0. The van der Waals surface area contributed by atoms with Crippen LogP contribution in [0.1, 0.15) is 36.5 Å². The molecule has 6 heteroatoms. The van der Waals surface area contributed by atoms with E-state index < -0.39 is 0 Å². The third kappa shape index (κ3) is 3.42. The molecule has 0 bridgehead atoms. The Labute approximate surface area is 142 Å². The summed E-state index contributed by atoms with van der Waals surface area (Å²) in [7, 11) is 0. The smallest absolute Gasteiger partial charge is 0.253 e. The van der Waals surface area contributed by atoms with Crippen LogP contribution in [0.4, 0.5) is 5.69 Å². The minimum Gasteiger partial charge on any atom is -0.341 e. The molecule has 0 atom stereocenters. The molecule has 3 rings (SSSR count). The SMILES string of the molecule is CC(=O)N1CCCN(C(=O)c2cccc(N3CCCC3=O)c2)CC1. The Kier molecular flexibility index (Phi) is 4.83. The fourth-order valence-electron chi connectivity index (χ4n) is 3.35. The summed E-state index contributed by atoms with van der Waals surface area (Å²) in [6.45, 7) is 4.75. The number of amides is 3. The summed E-state index contributed by atoms with van der Waals surface area (Å²) in [5, 5.41) is 0. The summed E-state index contributed by atoms with van der Waals surface area (Å²) in [5.74, 6) is 0.138. The predicted molar refractivity (Wildman–Crippen MR) is 90.8 cm³/mol. The highest BCUT2D eigenvalue weighted by Gasteiger charge is 2.24. The molecule has 0 radical (unpaired) electrons. The summed E-state index contributed by atoms with van der Waals surface area (Å²) in [5.41, 5.74) is 1.40. The molecule has 2 aliphatic rings. The second-order valence-electron chi connectivity index (χ2n) is 6.35. The van der Waals surface area contributed by atoms with Gasteiger partial charge in [-0.05, 0) is 31.0 Å². The van der Waals surface area contributed by atoms with E-state index in [-0.39, 0.29) is 17.7 Å². The van der Waals surface area contributed by atoms with Crippen LogP contribution in [0.25, 0.3) is 0 Å². The van der Waals surface area contributed by atoms with E-state index in [2.05, 4.69) is 0 Å². The monoisotopic (exact) mass is 329 g/mol. The molecular weight excluding hydrogens is 306 g/mol. The summed E-state index contributed by atoms with van der Waals surface area (Å²) in [6.07, 6.45) is 2.23. The van der Waals surface area contributed by atoms with Crippen LogP contribution in [0.3, 0.4) is 0 Å². The van der Waals surface area contributed by atoms with Gasteiger partial charge in [-0.2, -0.15) is 0 Å². The van der Waals surface area contributed by atoms with E-state index in [0.717, 1.165) is 18.5 Å². The largest absolute Gasteiger partial charge is 0.341 e. The number of benzene rings is 1. The molecule has 1 aromatic rings. The molecule has 24 heavy (non-hydrogen) atoms. The normalized spacial score (nSPS) is 18.7. The van der Waals surface area contributed by atoms with Crippen LogP contribution in [0.5, 0.6) is 0 Å². The molecule has 0 aromatic heterocycles. The van der Waals surface area contributed by atoms with Crippen molar-refractivity contribution in [1.29, 1.82) is 0 Å². The van der Waals surface area contributed by atoms with Gasteiger partial charge in [0.05, 0.1) is 0 Å². The van der Waals surface area contributed by atoms with Crippen LogP contribution in [0.2, 0.25) is 0 Å². The maximum absolute atomic E-state index is 12.8. The second kappa shape index (κ2) is 7.03. The zero-order chi connectivity index (χ0) is 17.1. The van der Waals surface area contributed by atoms with Gasteiger partial charge in [0.1, 0.15) is 0 Å². The van der Waals surface area contributed by atoms with E-state index in [1.165, 1.54) is 0 Å². The minimum absolute atomic E-state index is 0.0334. The van der Waals surface area contributed by atoms with Crippen molar-refractivity contribution in [3.05, 3.63) is 29.8 Å². The van der Waals surface area contributed by atoms with Gasteiger partial charge in [0.2, 0.25) is 11.8 Å². The average molecular weight is 329 g/mol. The zero-order valence-corrected chi connectivity index (χ0v) is 14.0. The summed E-state index contributed by atoms with van der Waals surface area (Å²) >= 11 is 0. The van der Waals surface area contributed by atoms with E-state index >= 15 is 0 Å². The van der Waals surface area contributed by atoms with E-state index in [4.69, 9.17) is 0 Å². The third-order valence-electron chi connectivity index (χ3n) is 4.71. The maximum Gasteiger partial charge on any atom is 0.253 e. The quantitative estimate of drug-likeness (QED) is 0.826. The molecule has 6 nitrogen and oxygen atoms in total. The first-order chi connectivity index (χ1) is 11.6. The van der Waals surface area contributed by atoms with Crippen molar-refractivity contribution in [2.24, 2.45) is 0 Å². The number of hydrogen-bond acceptors (Lipinski definition) is 3. The molecule has 1 aromatic carbocycles. The van der Waals surface area contributed by atoms with Crippen LogP contribution >= 0.6 is 0 Å². The Hall–Kier alpha value is -2.37. The Morgan fingerprint density at radius 1 is 0.958 bits per heavy atom. The average Bonchev–Trinajstić information content (AvgIpc) is 2.85. The first-order valence-electron chi connectivity index (χ1n) is 8.51. The van der Waals surface area contributed by atoms with Crippen molar-refractivity contribution >= 4 is 23.4 Å². The zero-order valence-electron chi connectivity index (χ0n) is 14.0. The number of anilines is 1. The minimum atomic E-state index is -0.0334. The fraction of sp³-hybridized carbons (Fsp3) is 0.500. The van der Waals surface area contributed by atoms with Gasteiger partial charge in [-0.25, -0.2) is 0 Å². The van der Waals surface area contributed by atoms with Gasteiger partial charge < -0.3 is 14.7 Å². The second-order valence-corrected chi connectivity index (χ2v) is 6.35. The number of carbonyl (C=O) groups excluding carboxylic acids is 3. The van der Waals surface area contributed by atoms with E-state index in [9.17, 15) is 14.4 Å². The van der Waals surface area contributed by atoms with Crippen LogP contribution in [-0.4, -0.2) is 60.2 Å². The third-order valence-corrected chi connectivity index (χ3v) is 4.71. The van der Waals surface area contributed by atoms with Crippen LogP contribution in [0, 0.1) is 0 Å². The lowest BCUT2D eigenvalue weighted by Gasteiger charge is -2.22. The fourth-order valence-corrected chi connectivity index (χ4v) is 3.35.